The highest BCUT2D eigenvalue weighted by Gasteiger charge is 2.22. The Kier molecular flexibility index (Phi) is 10.8. The number of guanidine groups is 1. The van der Waals surface area contributed by atoms with Crippen LogP contribution in [0.15, 0.2) is 46.1 Å². The highest BCUT2D eigenvalue weighted by Crippen LogP contribution is 2.16. The van der Waals surface area contributed by atoms with E-state index in [1.54, 1.807) is 6.26 Å². The fourth-order valence-electron chi connectivity index (χ4n) is 3.53. The lowest BCUT2D eigenvalue weighted by Gasteiger charge is -2.21. The van der Waals surface area contributed by atoms with Crippen molar-refractivity contribution in [2.24, 2.45) is 4.99 Å². The molecule has 1 atom stereocenters. The summed E-state index contributed by atoms with van der Waals surface area (Å²) in [7, 11) is 0. The predicted molar refractivity (Wildman–Crippen MR) is 129 cm³/mol. The van der Waals surface area contributed by atoms with Gasteiger partial charge in [0.2, 0.25) is 0 Å². The van der Waals surface area contributed by atoms with Crippen LogP contribution in [0.25, 0.3) is 0 Å². The van der Waals surface area contributed by atoms with Crippen LogP contribution < -0.4 is 10.6 Å². The number of pyridine rings is 1. The number of likely N-dealkylation sites (tertiary alicyclic amines) is 1. The molecule has 3 heterocycles. The maximum atomic E-state index is 5.86. The lowest BCUT2D eigenvalue weighted by atomic mass is 10.2. The molecule has 1 unspecified atom stereocenters. The quantitative estimate of drug-likeness (QED) is 0.223. The third-order valence-corrected chi connectivity index (χ3v) is 5.33. The van der Waals surface area contributed by atoms with E-state index in [4.69, 9.17) is 21.0 Å². The molecule has 0 amide bonds. The summed E-state index contributed by atoms with van der Waals surface area (Å²) < 4.78 is 5.41. The minimum absolute atomic E-state index is 0. The predicted octanol–water partition coefficient (Wildman–Crippen LogP) is 3.75. The monoisotopic (exact) mass is 531 g/mol. The summed E-state index contributed by atoms with van der Waals surface area (Å²) in [5.41, 5.74) is 1.15. The minimum atomic E-state index is 0. The normalized spacial score (nSPS) is 17.2. The van der Waals surface area contributed by atoms with Gasteiger partial charge in [-0.25, -0.2) is 4.98 Å². The number of nitrogens with one attached hydrogen (secondary N) is 2. The largest absolute Gasteiger partial charge is 0.469 e. The molecule has 2 aromatic rings. The first-order chi connectivity index (χ1) is 13.7. The van der Waals surface area contributed by atoms with Gasteiger partial charge in [-0.05, 0) is 56.1 Å². The van der Waals surface area contributed by atoms with Gasteiger partial charge in [-0.3, -0.25) is 9.89 Å². The Morgan fingerprint density at radius 2 is 2.10 bits per heavy atom. The molecule has 0 radical (unpaired) electrons. The van der Waals surface area contributed by atoms with Gasteiger partial charge in [0.1, 0.15) is 10.9 Å². The Balaban J connectivity index is 0.00000300. The smallest absolute Gasteiger partial charge is 0.191 e. The van der Waals surface area contributed by atoms with E-state index in [0.717, 1.165) is 56.3 Å². The fourth-order valence-corrected chi connectivity index (χ4v) is 3.64. The van der Waals surface area contributed by atoms with E-state index < -0.39 is 0 Å². The van der Waals surface area contributed by atoms with Gasteiger partial charge in [0.25, 0.3) is 0 Å². The molecule has 1 aliphatic rings. The van der Waals surface area contributed by atoms with Crippen molar-refractivity contribution in [3.63, 3.8) is 0 Å². The molecule has 2 aromatic heterocycles. The number of aromatic nitrogens is 1. The van der Waals surface area contributed by atoms with Gasteiger partial charge in [-0.1, -0.05) is 24.6 Å². The van der Waals surface area contributed by atoms with Crippen LogP contribution >= 0.6 is 35.6 Å². The third kappa shape index (κ3) is 8.14. The first-order valence-corrected chi connectivity index (χ1v) is 10.5. The molecule has 1 aliphatic heterocycles. The van der Waals surface area contributed by atoms with Crippen LogP contribution in [-0.2, 0) is 12.8 Å². The molecule has 0 saturated carbocycles. The molecule has 6 nitrogen and oxygen atoms in total. The van der Waals surface area contributed by atoms with E-state index in [0.29, 0.717) is 11.2 Å². The zero-order valence-corrected chi connectivity index (χ0v) is 20.0. The molecule has 0 aromatic carbocycles. The fraction of sp³-hybridized carbons (Fsp3) is 0.524. The first-order valence-electron chi connectivity index (χ1n) is 10.1. The van der Waals surface area contributed by atoms with Crippen molar-refractivity contribution in [2.45, 2.75) is 38.6 Å². The zero-order chi connectivity index (χ0) is 19.6. The van der Waals surface area contributed by atoms with Gasteiger partial charge in [0.05, 0.1) is 12.8 Å². The topological polar surface area (TPSA) is 65.7 Å². The van der Waals surface area contributed by atoms with Crippen LogP contribution in [0.1, 0.15) is 31.1 Å². The van der Waals surface area contributed by atoms with Crippen LogP contribution in [0.5, 0.6) is 0 Å². The molecule has 0 spiro atoms. The van der Waals surface area contributed by atoms with Gasteiger partial charge in [-0.15, -0.1) is 24.0 Å². The van der Waals surface area contributed by atoms with Gasteiger partial charge < -0.3 is 15.1 Å². The second kappa shape index (κ2) is 13.1. The first kappa shape index (κ1) is 24.0. The van der Waals surface area contributed by atoms with Crippen LogP contribution in [0, 0.1) is 0 Å². The third-order valence-electron chi connectivity index (χ3n) is 5.10. The molecule has 1 saturated heterocycles. The summed E-state index contributed by atoms with van der Waals surface area (Å²) in [6.45, 7) is 6.91. The Labute approximate surface area is 195 Å². The summed E-state index contributed by atoms with van der Waals surface area (Å²) >= 11 is 5.86. The summed E-state index contributed by atoms with van der Waals surface area (Å²) in [5, 5.41) is 7.41. The number of hydrogen-bond acceptors (Lipinski definition) is 4. The van der Waals surface area contributed by atoms with Crippen molar-refractivity contribution in [3.05, 3.63) is 53.2 Å². The molecular formula is C21H31ClIN5O. The maximum absolute atomic E-state index is 5.86. The summed E-state index contributed by atoms with van der Waals surface area (Å²) in [6, 6.07) is 8.30. The van der Waals surface area contributed by atoms with Crippen LogP contribution in [0.4, 0.5) is 0 Å². The number of likely N-dealkylation sites (N-methyl/N-ethyl adjacent to an activating group) is 1. The van der Waals surface area contributed by atoms with Crippen molar-refractivity contribution in [1.29, 1.82) is 0 Å². The number of halogens is 2. The second-order valence-electron chi connectivity index (χ2n) is 7.04. The molecule has 8 heteroatoms. The molecule has 160 valence electrons. The van der Waals surface area contributed by atoms with E-state index >= 15 is 0 Å². The Bertz CT molecular complexity index is 723. The summed E-state index contributed by atoms with van der Waals surface area (Å²) in [6.07, 6.45) is 7.73. The number of rotatable bonds is 9. The van der Waals surface area contributed by atoms with E-state index in [1.165, 1.54) is 19.4 Å². The van der Waals surface area contributed by atoms with Gasteiger partial charge in [0, 0.05) is 31.7 Å². The summed E-state index contributed by atoms with van der Waals surface area (Å²) in [5.74, 6) is 1.84. The molecule has 0 aliphatic carbocycles. The number of aliphatic imine (C=N–C) groups is 1. The minimum Gasteiger partial charge on any atom is -0.469 e. The van der Waals surface area contributed by atoms with Crippen molar-refractivity contribution in [1.82, 2.24) is 20.5 Å². The molecule has 1 fully saturated rings. The van der Waals surface area contributed by atoms with Crippen molar-refractivity contribution in [2.75, 3.05) is 32.7 Å². The van der Waals surface area contributed by atoms with Crippen LogP contribution in [0.2, 0.25) is 5.15 Å². The number of furan rings is 1. The molecule has 2 N–H and O–H groups in total. The highest BCUT2D eigenvalue weighted by molar-refractivity contribution is 14.0. The standard InChI is InChI=1S/C21H30ClN5O.HI/c1-2-27-13-3-5-18(27)16-26-21(24-12-10-19-6-4-14-28-19)23-11-9-17-7-8-20(22)25-15-17;/h4,6-8,14-15,18H,2-3,5,9-13,16H2,1H3,(H2,23,24,26);1H. The maximum Gasteiger partial charge on any atom is 0.191 e. The Morgan fingerprint density at radius 3 is 2.79 bits per heavy atom. The van der Waals surface area contributed by atoms with E-state index in [1.807, 2.05) is 30.5 Å². The Morgan fingerprint density at radius 1 is 1.28 bits per heavy atom. The second-order valence-corrected chi connectivity index (χ2v) is 7.42. The van der Waals surface area contributed by atoms with Crippen LogP contribution in [0.3, 0.4) is 0 Å². The van der Waals surface area contributed by atoms with Gasteiger partial charge in [-0.2, -0.15) is 0 Å². The molecule has 29 heavy (non-hydrogen) atoms. The van der Waals surface area contributed by atoms with E-state index in [-0.39, 0.29) is 24.0 Å². The van der Waals surface area contributed by atoms with Crippen molar-refractivity contribution in [3.8, 4) is 0 Å². The number of nitrogens with zero attached hydrogens (tertiary/aromatic N) is 3. The lowest BCUT2D eigenvalue weighted by molar-refractivity contribution is 0.273. The van der Waals surface area contributed by atoms with E-state index in [9.17, 15) is 0 Å². The van der Waals surface area contributed by atoms with Crippen molar-refractivity contribution < 1.29 is 4.42 Å². The number of hydrogen-bond donors (Lipinski definition) is 2. The van der Waals surface area contributed by atoms with Gasteiger partial charge >= 0.3 is 0 Å². The average molecular weight is 532 g/mol. The van der Waals surface area contributed by atoms with Gasteiger partial charge in [0.15, 0.2) is 5.96 Å². The average Bonchev–Trinajstić information content (AvgIpc) is 3.38. The van der Waals surface area contributed by atoms with Crippen molar-refractivity contribution >= 4 is 41.5 Å². The van der Waals surface area contributed by atoms with E-state index in [2.05, 4.69) is 27.4 Å². The molecule has 0 bridgehead atoms. The SMILES string of the molecule is CCN1CCCC1CN=C(NCCc1ccc(Cl)nc1)NCCc1ccco1.I. The Hall–Kier alpha value is -1.32. The lowest BCUT2D eigenvalue weighted by Crippen LogP contribution is -2.41. The molecule has 3 rings (SSSR count). The highest BCUT2D eigenvalue weighted by atomic mass is 127. The zero-order valence-electron chi connectivity index (χ0n) is 16.9. The van der Waals surface area contributed by atoms with Crippen LogP contribution in [-0.4, -0.2) is 54.6 Å². The molecular weight excluding hydrogens is 501 g/mol. The summed E-state index contributed by atoms with van der Waals surface area (Å²) in [4.78, 5) is 11.5.